The number of hydrogen-bond donors (Lipinski definition) is 2. The lowest BCUT2D eigenvalue weighted by atomic mass is 9.99. The van der Waals surface area contributed by atoms with Gasteiger partial charge in [0.05, 0.1) is 11.8 Å². The quantitative estimate of drug-likeness (QED) is 0.743. The van der Waals surface area contributed by atoms with Gasteiger partial charge in [-0.05, 0) is 26.8 Å². The van der Waals surface area contributed by atoms with Crippen LogP contribution >= 0.6 is 0 Å². The molecule has 0 radical (unpaired) electrons. The van der Waals surface area contributed by atoms with Crippen molar-refractivity contribution in [2.45, 2.75) is 39.0 Å². The average molecular weight is 195 g/mol. The second-order valence-electron chi connectivity index (χ2n) is 3.95. The molecule has 0 bridgehead atoms. The van der Waals surface area contributed by atoms with Crippen LogP contribution in [0.4, 0.5) is 0 Å². The molecule has 14 heavy (non-hydrogen) atoms. The number of rotatable bonds is 4. The van der Waals surface area contributed by atoms with Crippen LogP contribution in [0.5, 0.6) is 0 Å². The number of nitrogens with zero attached hydrogens (tertiary/aromatic N) is 2. The average Bonchev–Trinajstić information content (AvgIpc) is 2.16. The lowest BCUT2D eigenvalue weighted by Gasteiger charge is -2.29. The molecule has 2 N–H and O–H groups in total. The van der Waals surface area contributed by atoms with E-state index in [4.69, 9.17) is 0 Å². The predicted molar refractivity (Wildman–Crippen MR) is 54.6 cm³/mol. The van der Waals surface area contributed by atoms with E-state index in [1.54, 1.807) is 13.1 Å². The molecule has 0 spiro atoms. The minimum absolute atomic E-state index is 0.301. The van der Waals surface area contributed by atoms with Gasteiger partial charge in [0, 0.05) is 18.3 Å². The summed E-state index contributed by atoms with van der Waals surface area (Å²) in [5, 5.41) is 12.7. The van der Waals surface area contributed by atoms with Crippen LogP contribution in [0.25, 0.3) is 0 Å². The molecule has 0 saturated carbocycles. The summed E-state index contributed by atoms with van der Waals surface area (Å²) >= 11 is 0. The molecule has 0 amide bonds. The maximum absolute atomic E-state index is 9.46. The first kappa shape index (κ1) is 11.1. The molecule has 1 atom stereocenters. The van der Waals surface area contributed by atoms with Gasteiger partial charge >= 0.3 is 0 Å². The fraction of sp³-hybridized carbons (Fsp3) is 0.600. The molecule has 1 aromatic heterocycles. The molecular weight excluding hydrogens is 178 g/mol. The predicted octanol–water partition coefficient (Wildman–Crippen LogP) is 0.726. The van der Waals surface area contributed by atoms with Crippen LogP contribution in [0.1, 0.15) is 26.5 Å². The first-order chi connectivity index (χ1) is 6.52. The molecule has 0 aliphatic carbocycles. The van der Waals surface area contributed by atoms with Gasteiger partial charge in [-0.3, -0.25) is 0 Å². The van der Waals surface area contributed by atoms with E-state index in [0.29, 0.717) is 6.54 Å². The Morgan fingerprint density at radius 1 is 1.57 bits per heavy atom. The second kappa shape index (κ2) is 4.48. The molecule has 0 aliphatic heterocycles. The van der Waals surface area contributed by atoms with Gasteiger partial charge in [-0.15, -0.1) is 0 Å². The van der Waals surface area contributed by atoms with Crippen LogP contribution in [-0.2, 0) is 6.54 Å². The Morgan fingerprint density at radius 3 is 2.79 bits per heavy atom. The highest BCUT2D eigenvalue weighted by Crippen LogP contribution is 2.08. The van der Waals surface area contributed by atoms with Crippen molar-refractivity contribution in [1.29, 1.82) is 0 Å². The molecule has 4 nitrogen and oxygen atoms in total. The van der Waals surface area contributed by atoms with E-state index >= 15 is 0 Å². The smallest absolute Gasteiger partial charge is 0.115 e. The van der Waals surface area contributed by atoms with Crippen molar-refractivity contribution in [2.75, 3.05) is 0 Å². The van der Waals surface area contributed by atoms with E-state index in [1.165, 1.54) is 6.33 Å². The van der Waals surface area contributed by atoms with Crippen molar-refractivity contribution in [3.8, 4) is 0 Å². The Morgan fingerprint density at radius 2 is 2.29 bits per heavy atom. The Bertz CT molecular complexity index is 272. The van der Waals surface area contributed by atoms with E-state index in [9.17, 15) is 5.11 Å². The maximum atomic E-state index is 9.46. The molecule has 0 aliphatic rings. The van der Waals surface area contributed by atoms with Crippen LogP contribution in [0.15, 0.2) is 18.6 Å². The highest BCUT2D eigenvalue weighted by molar-refractivity contribution is 4.98. The third-order valence-electron chi connectivity index (χ3n) is 2.41. The molecule has 78 valence electrons. The zero-order valence-corrected chi connectivity index (χ0v) is 8.86. The number of nitrogens with one attached hydrogen (secondary N) is 1. The molecule has 1 unspecified atom stereocenters. The van der Waals surface area contributed by atoms with Gasteiger partial charge in [0.2, 0.25) is 0 Å². The third kappa shape index (κ3) is 3.05. The van der Waals surface area contributed by atoms with Gasteiger partial charge in [0.15, 0.2) is 0 Å². The summed E-state index contributed by atoms with van der Waals surface area (Å²) < 4.78 is 0. The van der Waals surface area contributed by atoms with Gasteiger partial charge < -0.3 is 10.4 Å². The van der Waals surface area contributed by atoms with E-state index < -0.39 is 6.10 Å². The number of aromatic nitrogens is 2. The highest BCUT2D eigenvalue weighted by atomic mass is 16.3. The maximum Gasteiger partial charge on any atom is 0.115 e. The Hall–Kier alpha value is -1.00. The summed E-state index contributed by atoms with van der Waals surface area (Å²) in [4.78, 5) is 7.92. The fourth-order valence-electron chi connectivity index (χ4n) is 0.889. The summed E-state index contributed by atoms with van der Waals surface area (Å²) in [5.74, 6) is 0. The largest absolute Gasteiger partial charge is 0.392 e. The van der Waals surface area contributed by atoms with Crippen molar-refractivity contribution >= 4 is 0 Å². The lowest BCUT2D eigenvalue weighted by molar-refractivity contribution is 0.0954. The zero-order chi connectivity index (χ0) is 10.6. The Kier molecular flexibility index (Phi) is 3.55. The normalized spacial score (nSPS) is 14.0. The topological polar surface area (TPSA) is 58.0 Å². The summed E-state index contributed by atoms with van der Waals surface area (Å²) in [7, 11) is 0. The number of aliphatic hydroxyl groups is 1. The van der Waals surface area contributed by atoms with E-state index in [0.717, 1.165) is 5.69 Å². The van der Waals surface area contributed by atoms with E-state index in [-0.39, 0.29) is 5.54 Å². The van der Waals surface area contributed by atoms with E-state index in [2.05, 4.69) is 15.3 Å². The molecule has 0 saturated heterocycles. The molecule has 0 aromatic carbocycles. The van der Waals surface area contributed by atoms with Crippen LogP contribution in [0.2, 0.25) is 0 Å². The molecular formula is C10H17N3O. The van der Waals surface area contributed by atoms with Crippen molar-refractivity contribution < 1.29 is 5.11 Å². The number of aliphatic hydroxyl groups excluding tert-OH is 1. The third-order valence-corrected chi connectivity index (χ3v) is 2.41. The van der Waals surface area contributed by atoms with Gasteiger partial charge in [0.1, 0.15) is 6.33 Å². The Balaban J connectivity index is 2.49. The van der Waals surface area contributed by atoms with Gasteiger partial charge in [-0.25, -0.2) is 9.97 Å². The molecule has 0 fully saturated rings. The van der Waals surface area contributed by atoms with Crippen LogP contribution in [0.3, 0.4) is 0 Å². The summed E-state index contributed by atoms with van der Waals surface area (Å²) in [5.41, 5.74) is 0.624. The molecule has 4 heteroatoms. The zero-order valence-electron chi connectivity index (χ0n) is 8.86. The van der Waals surface area contributed by atoms with Gasteiger partial charge in [-0.2, -0.15) is 0 Å². The van der Waals surface area contributed by atoms with Crippen molar-refractivity contribution in [1.82, 2.24) is 15.3 Å². The monoisotopic (exact) mass is 195 g/mol. The standard InChI is InChI=1S/C10H17N3O/c1-8(14)10(2,3)13-6-9-4-5-11-7-12-9/h4-5,7-8,13-14H,6H2,1-3H3. The van der Waals surface area contributed by atoms with Crippen LogP contribution in [0, 0.1) is 0 Å². The second-order valence-corrected chi connectivity index (χ2v) is 3.95. The summed E-state index contributed by atoms with van der Waals surface area (Å²) in [6.07, 6.45) is 2.83. The summed E-state index contributed by atoms with van der Waals surface area (Å²) in [6.45, 7) is 6.32. The molecule has 1 heterocycles. The Labute approximate surface area is 84.4 Å². The SMILES string of the molecule is CC(O)C(C)(C)NCc1ccncn1. The number of hydrogen-bond acceptors (Lipinski definition) is 4. The fourth-order valence-corrected chi connectivity index (χ4v) is 0.889. The van der Waals surface area contributed by atoms with Gasteiger partial charge in [0.25, 0.3) is 0 Å². The van der Waals surface area contributed by atoms with Crippen LogP contribution in [-0.4, -0.2) is 26.7 Å². The van der Waals surface area contributed by atoms with Crippen LogP contribution < -0.4 is 5.32 Å². The van der Waals surface area contributed by atoms with Crippen molar-refractivity contribution in [3.05, 3.63) is 24.3 Å². The first-order valence-electron chi connectivity index (χ1n) is 4.70. The highest BCUT2D eigenvalue weighted by Gasteiger charge is 2.22. The molecule has 1 rings (SSSR count). The molecule has 1 aromatic rings. The minimum Gasteiger partial charge on any atom is -0.392 e. The lowest BCUT2D eigenvalue weighted by Crippen LogP contribution is -2.47. The van der Waals surface area contributed by atoms with E-state index in [1.807, 2.05) is 19.9 Å². The minimum atomic E-state index is -0.399. The van der Waals surface area contributed by atoms with Crippen molar-refractivity contribution in [2.24, 2.45) is 0 Å². The van der Waals surface area contributed by atoms with Gasteiger partial charge in [-0.1, -0.05) is 0 Å². The first-order valence-corrected chi connectivity index (χ1v) is 4.70. The summed E-state index contributed by atoms with van der Waals surface area (Å²) in [6, 6.07) is 1.85. The van der Waals surface area contributed by atoms with Crippen molar-refractivity contribution in [3.63, 3.8) is 0 Å².